The summed E-state index contributed by atoms with van der Waals surface area (Å²) in [6.45, 7) is 10.8. The van der Waals surface area contributed by atoms with E-state index in [-0.39, 0.29) is 11.7 Å². The van der Waals surface area contributed by atoms with Gasteiger partial charge in [-0.05, 0) is 92.3 Å². The molecule has 1 amide bonds. The Hall–Kier alpha value is -3.99. The van der Waals surface area contributed by atoms with Crippen LogP contribution in [0.1, 0.15) is 49.7 Å². The first-order chi connectivity index (χ1) is 16.8. The number of carbonyl (C=O) groups is 1. The molecule has 0 aliphatic carbocycles. The number of carbonyl (C=O) groups excluding carboxylic acids is 1. The second-order valence-corrected chi connectivity index (χ2v) is 9.15. The van der Waals surface area contributed by atoms with Gasteiger partial charge in [-0.15, -0.1) is 0 Å². The summed E-state index contributed by atoms with van der Waals surface area (Å²) in [5.41, 5.74) is 9.74. The van der Waals surface area contributed by atoms with Gasteiger partial charge in [-0.2, -0.15) is 0 Å². The monoisotopic (exact) mass is 467 g/mol. The molecule has 0 aliphatic heterocycles. The Bertz CT molecular complexity index is 1570. The summed E-state index contributed by atoms with van der Waals surface area (Å²) in [5.74, 6) is 1.22. The Kier molecular flexibility index (Phi) is 5.64. The lowest BCUT2D eigenvalue weighted by Crippen LogP contribution is -2.11. The van der Waals surface area contributed by atoms with Crippen molar-refractivity contribution >= 4 is 33.5 Å². The van der Waals surface area contributed by atoms with Crippen LogP contribution in [0.15, 0.2) is 57.4 Å². The fourth-order valence-electron chi connectivity index (χ4n) is 4.81. The molecule has 5 nitrogen and oxygen atoms in total. The van der Waals surface area contributed by atoms with Crippen molar-refractivity contribution in [3.8, 4) is 5.75 Å². The topological polar surface area (TPSA) is 64.6 Å². The minimum atomic E-state index is -0.338. The molecule has 178 valence electrons. The fraction of sp³-hybridized carbons (Fsp3) is 0.233. The molecule has 0 radical (unpaired) electrons. The molecule has 3 aromatic carbocycles. The number of benzene rings is 3. The molecular formula is C30H29NO4. The van der Waals surface area contributed by atoms with Crippen molar-refractivity contribution in [3.63, 3.8) is 0 Å². The van der Waals surface area contributed by atoms with E-state index in [0.717, 1.165) is 22.1 Å². The van der Waals surface area contributed by atoms with Crippen LogP contribution >= 0.6 is 0 Å². The molecule has 2 heterocycles. The molecule has 5 rings (SSSR count). The molecule has 0 unspecified atom stereocenters. The van der Waals surface area contributed by atoms with Crippen LogP contribution in [-0.2, 0) is 6.42 Å². The summed E-state index contributed by atoms with van der Waals surface area (Å²) in [4.78, 5) is 13.1. The lowest BCUT2D eigenvalue weighted by Gasteiger charge is -2.18. The maximum atomic E-state index is 13.1. The average Bonchev–Trinajstić information content (AvgIpc) is 3.48. The van der Waals surface area contributed by atoms with Crippen molar-refractivity contribution in [2.45, 2.75) is 41.0 Å². The second-order valence-electron chi connectivity index (χ2n) is 9.15. The summed E-state index contributed by atoms with van der Waals surface area (Å²) >= 11 is 0. The molecule has 2 aromatic heterocycles. The van der Waals surface area contributed by atoms with Gasteiger partial charge >= 0.3 is 0 Å². The van der Waals surface area contributed by atoms with E-state index < -0.39 is 0 Å². The third-order valence-electron chi connectivity index (χ3n) is 7.34. The number of amides is 1. The second kappa shape index (κ2) is 8.66. The van der Waals surface area contributed by atoms with Gasteiger partial charge in [-0.3, -0.25) is 4.79 Å². The third-order valence-corrected chi connectivity index (χ3v) is 7.34. The van der Waals surface area contributed by atoms with Crippen LogP contribution in [0.2, 0.25) is 0 Å². The molecule has 5 aromatic rings. The molecule has 0 fully saturated rings. The Labute approximate surface area is 204 Å². The van der Waals surface area contributed by atoms with E-state index >= 15 is 0 Å². The van der Waals surface area contributed by atoms with Crippen LogP contribution in [0.4, 0.5) is 5.69 Å². The van der Waals surface area contributed by atoms with Gasteiger partial charge in [0.15, 0.2) is 5.76 Å². The van der Waals surface area contributed by atoms with Crippen molar-refractivity contribution in [3.05, 3.63) is 93.4 Å². The fourth-order valence-corrected chi connectivity index (χ4v) is 4.81. The number of nitrogens with one attached hydrogen (secondary N) is 1. The van der Waals surface area contributed by atoms with Crippen molar-refractivity contribution in [2.75, 3.05) is 12.4 Å². The number of rotatable bonds is 5. The Balaban J connectivity index is 1.42. The number of hydrogen-bond acceptors (Lipinski definition) is 4. The maximum absolute atomic E-state index is 13.1. The lowest BCUT2D eigenvalue weighted by molar-refractivity contribution is 0.0994. The Morgan fingerprint density at radius 3 is 2.20 bits per heavy atom. The van der Waals surface area contributed by atoms with E-state index in [0.29, 0.717) is 23.4 Å². The van der Waals surface area contributed by atoms with E-state index in [9.17, 15) is 4.79 Å². The predicted octanol–water partition coefficient (Wildman–Crippen LogP) is 7.57. The number of ether oxygens (including phenoxy) is 1. The Morgan fingerprint density at radius 1 is 0.800 bits per heavy atom. The third kappa shape index (κ3) is 3.87. The molecule has 0 aliphatic rings. The van der Waals surface area contributed by atoms with Crippen LogP contribution in [0.5, 0.6) is 5.75 Å². The highest BCUT2D eigenvalue weighted by Gasteiger charge is 2.19. The van der Waals surface area contributed by atoms with Crippen LogP contribution < -0.4 is 10.1 Å². The average molecular weight is 468 g/mol. The van der Waals surface area contributed by atoms with Gasteiger partial charge in [-0.25, -0.2) is 0 Å². The van der Waals surface area contributed by atoms with Crippen molar-refractivity contribution in [2.24, 2.45) is 0 Å². The molecule has 5 heteroatoms. The molecule has 1 N–H and O–H groups in total. The van der Waals surface area contributed by atoms with Gasteiger partial charge in [0.25, 0.3) is 5.91 Å². The van der Waals surface area contributed by atoms with Crippen molar-refractivity contribution in [1.29, 1.82) is 0 Å². The predicted molar refractivity (Wildman–Crippen MR) is 140 cm³/mol. The van der Waals surface area contributed by atoms with Crippen LogP contribution in [0.25, 0.3) is 21.9 Å². The van der Waals surface area contributed by atoms with Crippen molar-refractivity contribution in [1.82, 2.24) is 0 Å². The zero-order valence-corrected chi connectivity index (χ0v) is 21.0. The first-order valence-corrected chi connectivity index (χ1v) is 11.7. The number of fused-ring (bicyclic) bond motifs is 3. The highest BCUT2D eigenvalue weighted by Crippen LogP contribution is 2.36. The molecule has 0 saturated heterocycles. The summed E-state index contributed by atoms with van der Waals surface area (Å²) in [5, 5.41) is 4.86. The molecule has 0 spiro atoms. The highest BCUT2D eigenvalue weighted by atomic mass is 16.5. The number of para-hydroxylation sites is 1. The molecular weight excluding hydrogens is 438 g/mol. The van der Waals surface area contributed by atoms with Crippen LogP contribution in [-0.4, -0.2) is 13.0 Å². The number of hydrogen-bond donors (Lipinski definition) is 1. The summed E-state index contributed by atoms with van der Waals surface area (Å²) in [7, 11) is 1.58. The quantitative estimate of drug-likeness (QED) is 0.289. The summed E-state index contributed by atoms with van der Waals surface area (Å²) in [6.07, 6.45) is 0.640. The van der Waals surface area contributed by atoms with Crippen molar-refractivity contribution < 1.29 is 18.4 Å². The normalized spacial score (nSPS) is 11.4. The van der Waals surface area contributed by atoms with E-state index in [2.05, 4.69) is 39.9 Å². The van der Waals surface area contributed by atoms with Gasteiger partial charge in [0.2, 0.25) is 0 Å². The highest BCUT2D eigenvalue weighted by molar-refractivity contribution is 6.09. The van der Waals surface area contributed by atoms with E-state index in [1.807, 2.05) is 36.4 Å². The molecule has 35 heavy (non-hydrogen) atoms. The zero-order valence-electron chi connectivity index (χ0n) is 21.0. The van der Waals surface area contributed by atoms with E-state index in [1.165, 1.54) is 33.4 Å². The van der Waals surface area contributed by atoms with Gasteiger partial charge in [0.05, 0.1) is 12.8 Å². The Morgan fingerprint density at radius 2 is 1.49 bits per heavy atom. The van der Waals surface area contributed by atoms with E-state index in [4.69, 9.17) is 13.6 Å². The SMILES string of the molecule is COc1cc2c(cc1NC(=O)c1ccc(Cc3c(C)c(C)c(C)c(C)c3C)o1)oc1ccccc12. The summed E-state index contributed by atoms with van der Waals surface area (Å²) in [6, 6.07) is 15.1. The van der Waals surface area contributed by atoms with Gasteiger partial charge < -0.3 is 18.9 Å². The number of furan rings is 2. The molecule has 0 atom stereocenters. The lowest BCUT2D eigenvalue weighted by atomic mass is 9.88. The maximum Gasteiger partial charge on any atom is 0.291 e. The first kappa shape index (κ1) is 22.8. The number of anilines is 1. The summed E-state index contributed by atoms with van der Waals surface area (Å²) < 4.78 is 17.5. The molecule has 0 bridgehead atoms. The molecule has 0 saturated carbocycles. The van der Waals surface area contributed by atoms with Crippen LogP contribution in [0.3, 0.4) is 0 Å². The van der Waals surface area contributed by atoms with Gasteiger partial charge in [-0.1, -0.05) is 18.2 Å². The smallest absolute Gasteiger partial charge is 0.291 e. The number of methoxy groups -OCH3 is 1. The minimum absolute atomic E-state index is 0.252. The van der Waals surface area contributed by atoms with Gasteiger partial charge in [0.1, 0.15) is 22.7 Å². The first-order valence-electron chi connectivity index (χ1n) is 11.7. The standard InChI is InChI=1S/C30H29NO4/c1-16-17(2)19(4)23(20(5)18(16)3)13-21-11-12-27(34-21)30(32)31-25-15-28-24(14-29(25)33-6)22-9-7-8-10-26(22)35-28/h7-12,14-15H,13H2,1-6H3,(H,31,32). The van der Waals surface area contributed by atoms with Gasteiger partial charge in [0, 0.05) is 23.3 Å². The minimum Gasteiger partial charge on any atom is -0.495 e. The van der Waals surface area contributed by atoms with E-state index in [1.54, 1.807) is 19.2 Å². The van der Waals surface area contributed by atoms with Crippen LogP contribution in [0, 0.1) is 34.6 Å². The zero-order chi connectivity index (χ0) is 24.9. The largest absolute Gasteiger partial charge is 0.495 e.